The molecule has 1 aromatic rings. The number of hydrogen-bond donors (Lipinski definition) is 2. The van der Waals surface area contributed by atoms with Crippen LogP contribution in [0, 0.1) is 5.92 Å². The van der Waals surface area contributed by atoms with Crippen molar-refractivity contribution < 1.29 is 19.1 Å². The molecule has 2 N–H and O–H groups in total. The fraction of sp³-hybridized carbons (Fsp3) is 0.500. The molecule has 0 saturated carbocycles. The minimum absolute atomic E-state index is 0.282. The molecule has 0 aliphatic rings. The molecular formula is C24H36N2O4. The van der Waals surface area contributed by atoms with Gasteiger partial charge in [-0.1, -0.05) is 48.9 Å². The van der Waals surface area contributed by atoms with Crippen LogP contribution in [0.3, 0.4) is 0 Å². The van der Waals surface area contributed by atoms with Gasteiger partial charge in [0.1, 0.15) is 0 Å². The number of methoxy groups -OCH3 is 2. The molecule has 1 aromatic carbocycles. The van der Waals surface area contributed by atoms with Crippen LogP contribution in [0.4, 0.5) is 4.79 Å². The monoisotopic (exact) mass is 416 g/mol. The van der Waals surface area contributed by atoms with Crippen LogP contribution in [0.15, 0.2) is 53.3 Å². The Morgan fingerprint density at radius 3 is 2.30 bits per heavy atom. The minimum Gasteiger partial charge on any atom is -0.466 e. The summed E-state index contributed by atoms with van der Waals surface area (Å²) in [4.78, 5) is 24.6. The fourth-order valence-corrected chi connectivity index (χ4v) is 3.22. The molecule has 6 heteroatoms. The Bertz CT molecular complexity index is 737. The summed E-state index contributed by atoms with van der Waals surface area (Å²) in [5.74, 6) is -0.185. The quantitative estimate of drug-likeness (QED) is 0.310. The summed E-state index contributed by atoms with van der Waals surface area (Å²) in [6, 6.07) is 9.38. The predicted molar refractivity (Wildman–Crippen MR) is 120 cm³/mol. The Hall–Kier alpha value is -2.76. The first-order chi connectivity index (χ1) is 14.3. The van der Waals surface area contributed by atoms with E-state index in [0.717, 1.165) is 18.4 Å². The number of benzene rings is 1. The van der Waals surface area contributed by atoms with Gasteiger partial charge >= 0.3 is 12.1 Å². The normalized spacial score (nSPS) is 13.4. The third-order valence-electron chi connectivity index (χ3n) is 4.89. The van der Waals surface area contributed by atoms with Crippen molar-refractivity contribution in [3.63, 3.8) is 0 Å². The Balaban J connectivity index is 3.07. The Morgan fingerprint density at radius 2 is 1.73 bits per heavy atom. The molecule has 1 rings (SSSR count). The molecule has 0 radical (unpaired) electrons. The van der Waals surface area contributed by atoms with Gasteiger partial charge in [-0.25, -0.2) is 9.59 Å². The maximum absolute atomic E-state index is 12.6. The predicted octanol–water partition coefficient (Wildman–Crippen LogP) is 4.72. The number of rotatable bonds is 11. The maximum atomic E-state index is 12.6. The second-order valence-corrected chi connectivity index (χ2v) is 7.76. The number of amides is 1. The number of esters is 1. The van der Waals surface area contributed by atoms with Crippen LogP contribution < -0.4 is 10.6 Å². The summed E-state index contributed by atoms with van der Waals surface area (Å²) in [5.41, 5.74) is 3.45. The highest BCUT2D eigenvalue weighted by molar-refractivity contribution is 5.91. The van der Waals surface area contributed by atoms with Gasteiger partial charge in [-0.15, -0.1) is 0 Å². The van der Waals surface area contributed by atoms with Crippen LogP contribution in [0.5, 0.6) is 0 Å². The number of hydrogen-bond acceptors (Lipinski definition) is 5. The molecule has 0 heterocycles. The van der Waals surface area contributed by atoms with E-state index >= 15 is 0 Å². The van der Waals surface area contributed by atoms with Crippen LogP contribution in [0.25, 0.3) is 0 Å². The summed E-state index contributed by atoms with van der Waals surface area (Å²) < 4.78 is 9.83. The van der Waals surface area contributed by atoms with Gasteiger partial charge in [0.15, 0.2) is 0 Å². The van der Waals surface area contributed by atoms with Crippen molar-refractivity contribution in [1.82, 2.24) is 10.6 Å². The van der Waals surface area contributed by atoms with E-state index in [1.165, 1.54) is 19.8 Å². The molecule has 0 spiro atoms. The van der Waals surface area contributed by atoms with E-state index < -0.39 is 18.1 Å². The van der Waals surface area contributed by atoms with Crippen LogP contribution in [-0.2, 0) is 20.8 Å². The van der Waals surface area contributed by atoms with Crippen molar-refractivity contribution in [1.29, 1.82) is 0 Å². The molecule has 2 atom stereocenters. The lowest BCUT2D eigenvalue weighted by molar-refractivity contribution is -0.136. The standard InChI is InChI=1S/C24H36N2O4/c1-17(2)11-10-12-18(3)15-21(26-24(28)30-6)22(23(27)29-5)19(4)25-16-20-13-8-7-9-14-20/h7-9,11,13-14,18,21,25H,10,12,15-16H2,1-6H3,(H,26,28)/b22-19-/t18-,21+/m1/s1. The lowest BCUT2D eigenvalue weighted by atomic mass is 9.91. The molecule has 166 valence electrons. The molecule has 0 aliphatic heterocycles. The average Bonchev–Trinajstić information content (AvgIpc) is 2.72. The van der Waals surface area contributed by atoms with Crippen molar-refractivity contribution >= 4 is 12.1 Å². The highest BCUT2D eigenvalue weighted by Gasteiger charge is 2.28. The summed E-state index contributed by atoms with van der Waals surface area (Å²) in [6.07, 6.45) is 4.13. The number of nitrogens with one attached hydrogen (secondary N) is 2. The number of allylic oxidation sites excluding steroid dienone is 3. The van der Waals surface area contributed by atoms with Crippen molar-refractivity contribution in [2.45, 2.75) is 59.5 Å². The fourth-order valence-electron chi connectivity index (χ4n) is 3.22. The molecular weight excluding hydrogens is 380 g/mol. The second-order valence-electron chi connectivity index (χ2n) is 7.76. The molecule has 0 aliphatic carbocycles. The van der Waals surface area contributed by atoms with Crippen LogP contribution in [-0.4, -0.2) is 32.3 Å². The first-order valence-corrected chi connectivity index (χ1v) is 10.3. The largest absolute Gasteiger partial charge is 0.466 e. The van der Waals surface area contributed by atoms with E-state index in [-0.39, 0.29) is 5.92 Å². The van der Waals surface area contributed by atoms with Crippen molar-refractivity contribution in [2.24, 2.45) is 5.92 Å². The summed E-state index contributed by atoms with van der Waals surface area (Å²) in [5, 5.41) is 6.11. The molecule has 6 nitrogen and oxygen atoms in total. The number of ether oxygens (including phenoxy) is 2. The summed E-state index contributed by atoms with van der Waals surface area (Å²) in [6.45, 7) is 8.66. The highest BCUT2D eigenvalue weighted by atomic mass is 16.5. The van der Waals surface area contributed by atoms with E-state index in [0.29, 0.717) is 24.2 Å². The van der Waals surface area contributed by atoms with Gasteiger partial charge < -0.3 is 20.1 Å². The van der Waals surface area contributed by atoms with Gasteiger partial charge in [-0.2, -0.15) is 0 Å². The van der Waals surface area contributed by atoms with Gasteiger partial charge in [0.2, 0.25) is 0 Å². The lowest BCUT2D eigenvalue weighted by Crippen LogP contribution is -2.41. The van der Waals surface area contributed by atoms with E-state index in [9.17, 15) is 9.59 Å². The van der Waals surface area contributed by atoms with Crippen LogP contribution in [0.2, 0.25) is 0 Å². The molecule has 0 fully saturated rings. The van der Waals surface area contributed by atoms with Gasteiger partial charge in [-0.05, 0) is 51.5 Å². The van der Waals surface area contributed by atoms with Crippen LogP contribution >= 0.6 is 0 Å². The Labute approximate surface area is 180 Å². The van der Waals surface area contributed by atoms with Crippen LogP contribution in [0.1, 0.15) is 52.5 Å². The van der Waals surface area contributed by atoms with Gasteiger partial charge in [0, 0.05) is 12.2 Å². The molecule has 0 bridgehead atoms. The Kier molecular flexibility index (Phi) is 11.3. The second kappa shape index (κ2) is 13.5. The zero-order valence-electron chi connectivity index (χ0n) is 19.1. The average molecular weight is 417 g/mol. The van der Waals surface area contributed by atoms with Gasteiger partial charge in [0.05, 0.1) is 25.8 Å². The molecule has 1 amide bonds. The number of alkyl carbamates (subject to hydrolysis) is 1. The Morgan fingerprint density at radius 1 is 1.07 bits per heavy atom. The maximum Gasteiger partial charge on any atom is 0.407 e. The minimum atomic E-state index is -0.575. The van der Waals surface area contributed by atoms with E-state index in [2.05, 4.69) is 37.5 Å². The first-order valence-electron chi connectivity index (χ1n) is 10.3. The lowest BCUT2D eigenvalue weighted by Gasteiger charge is -2.25. The molecule has 0 aromatic heterocycles. The van der Waals surface area contributed by atoms with Gasteiger partial charge in [0.25, 0.3) is 0 Å². The van der Waals surface area contributed by atoms with E-state index in [1.54, 1.807) is 0 Å². The summed E-state index contributed by atoms with van der Waals surface area (Å²) in [7, 11) is 2.66. The van der Waals surface area contributed by atoms with Crippen molar-refractivity contribution in [3.05, 3.63) is 58.8 Å². The number of carbonyl (C=O) groups is 2. The zero-order valence-corrected chi connectivity index (χ0v) is 19.1. The third-order valence-corrected chi connectivity index (χ3v) is 4.89. The van der Waals surface area contributed by atoms with E-state index in [1.807, 2.05) is 37.3 Å². The summed E-state index contributed by atoms with van der Waals surface area (Å²) >= 11 is 0. The highest BCUT2D eigenvalue weighted by Crippen LogP contribution is 2.21. The molecule has 0 saturated heterocycles. The zero-order chi connectivity index (χ0) is 22.5. The topological polar surface area (TPSA) is 76.7 Å². The number of carbonyl (C=O) groups excluding carboxylic acids is 2. The molecule has 30 heavy (non-hydrogen) atoms. The third kappa shape index (κ3) is 9.16. The van der Waals surface area contributed by atoms with Crippen molar-refractivity contribution in [3.8, 4) is 0 Å². The first kappa shape index (κ1) is 25.3. The van der Waals surface area contributed by atoms with E-state index in [4.69, 9.17) is 9.47 Å². The van der Waals surface area contributed by atoms with Gasteiger partial charge in [-0.3, -0.25) is 0 Å². The molecule has 0 unspecified atom stereocenters. The SMILES string of the molecule is COC(=O)N[C@@H](C[C@H](C)CCC=C(C)C)/C(C(=O)OC)=C(\C)NCc1ccccc1. The van der Waals surface area contributed by atoms with Crippen molar-refractivity contribution in [2.75, 3.05) is 14.2 Å². The smallest absolute Gasteiger partial charge is 0.407 e.